The molecule has 0 radical (unpaired) electrons. The summed E-state index contributed by atoms with van der Waals surface area (Å²) in [7, 11) is 0. The van der Waals surface area contributed by atoms with E-state index < -0.39 is 0 Å². The van der Waals surface area contributed by atoms with Gasteiger partial charge in [-0.15, -0.1) is 5.10 Å². The lowest BCUT2D eigenvalue weighted by Gasteiger charge is -1.96. The Labute approximate surface area is 167 Å². The molecule has 0 saturated heterocycles. The third-order valence-corrected chi connectivity index (χ3v) is 5.31. The third kappa shape index (κ3) is 3.00. The Morgan fingerprint density at radius 3 is 2.79 bits per heavy atom. The number of aromatic nitrogens is 4. The minimum atomic E-state index is -0.233. The number of thiazole rings is 1. The van der Waals surface area contributed by atoms with Gasteiger partial charge in [0.15, 0.2) is 5.82 Å². The van der Waals surface area contributed by atoms with E-state index in [4.69, 9.17) is 16.0 Å². The first-order chi connectivity index (χ1) is 13.7. The SMILES string of the molecule is O=c1/c(=C/c2ccc(-c3cccc(Cl)c3)o2)sc2nc(-c3cccnc3)nn12. The molecule has 0 bridgehead atoms. The Hall–Kier alpha value is -3.29. The van der Waals surface area contributed by atoms with Crippen LogP contribution in [0.25, 0.3) is 33.7 Å². The molecular formula is C20H11ClN4O2S. The fourth-order valence-corrected chi connectivity index (χ4v) is 3.89. The third-order valence-electron chi connectivity index (χ3n) is 4.11. The highest BCUT2D eigenvalue weighted by atomic mass is 35.5. The first kappa shape index (κ1) is 16.9. The van der Waals surface area contributed by atoms with Crippen molar-refractivity contribution >= 4 is 34.0 Å². The van der Waals surface area contributed by atoms with E-state index in [1.165, 1.54) is 15.9 Å². The van der Waals surface area contributed by atoms with E-state index in [1.54, 1.807) is 30.6 Å². The largest absolute Gasteiger partial charge is 0.457 e. The zero-order valence-corrected chi connectivity index (χ0v) is 15.8. The van der Waals surface area contributed by atoms with E-state index in [2.05, 4.69) is 15.1 Å². The highest BCUT2D eigenvalue weighted by Crippen LogP contribution is 2.25. The lowest BCUT2D eigenvalue weighted by atomic mass is 10.2. The molecule has 0 amide bonds. The van der Waals surface area contributed by atoms with Crippen LogP contribution in [0.3, 0.4) is 0 Å². The molecule has 0 fully saturated rings. The zero-order chi connectivity index (χ0) is 19.1. The molecule has 0 N–H and O–H groups in total. The standard InChI is InChI=1S/C20H11ClN4O2S/c21-14-5-1-3-12(9-14)16-7-6-15(27-16)10-17-19(26)25-20(28-17)23-18(24-25)13-4-2-8-22-11-13/h1-11H/b17-10-. The molecule has 4 heterocycles. The molecule has 4 aromatic heterocycles. The molecule has 0 saturated carbocycles. The van der Waals surface area contributed by atoms with E-state index in [0.717, 1.165) is 11.1 Å². The summed E-state index contributed by atoms with van der Waals surface area (Å²) in [6.45, 7) is 0. The van der Waals surface area contributed by atoms with Gasteiger partial charge in [-0.3, -0.25) is 9.78 Å². The van der Waals surface area contributed by atoms with Crippen LogP contribution in [0.1, 0.15) is 5.76 Å². The molecule has 8 heteroatoms. The molecular weight excluding hydrogens is 396 g/mol. The number of fused-ring (bicyclic) bond motifs is 1. The molecule has 0 unspecified atom stereocenters. The minimum Gasteiger partial charge on any atom is -0.457 e. The summed E-state index contributed by atoms with van der Waals surface area (Å²) in [5.74, 6) is 1.73. The van der Waals surface area contributed by atoms with Crippen LogP contribution >= 0.6 is 22.9 Å². The molecule has 5 aromatic rings. The summed E-state index contributed by atoms with van der Waals surface area (Å²) in [4.78, 5) is 21.7. The molecule has 0 aliphatic rings. The van der Waals surface area contributed by atoms with Crippen LogP contribution in [-0.2, 0) is 0 Å². The number of furan rings is 1. The van der Waals surface area contributed by atoms with E-state index in [9.17, 15) is 4.79 Å². The Bertz CT molecular complexity index is 1410. The van der Waals surface area contributed by atoms with Crippen LogP contribution < -0.4 is 10.1 Å². The number of pyridine rings is 1. The second kappa shape index (κ2) is 6.70. The van der Waals surface area contributed by atoms with E-state index in [-0.39, 0.29) is 5.56 Å². The Morgan fingerprint density at radius 1 is 1.11 bits per heavy atom. The molecule has 1 aromatic carbocycles. The molecule has 5 rings (SSSR count). The van der Waals surface area contributed by atoms with Gasteiger partial charge in [0.05, 0.1) is 0 Å². The van der Waals surface area contributed by atoms with Crippen LogP contribution in [0.5, 0.6) is 0 Å². The van der Waals surface area contributed by atoms with Crippen LogP contribution in [-0.4, -0.2) is 19.6 Å². The lowest BCUT2D eigenvalue weighted by Crippen LogP contribution is -2.23. The second-order valence-corrected chi connectivity index (χ2v) is 7.45. The van der Waals surface area contributed by atoms with Crippen molar-refractivity contribution in [3.05, 3.63) is 86.6 Å². The normalized spacial score (nSPS) is 12.1. The predicted octanol–water partition coefficient (Wildman–Crippen LogP) is 3.67. The first-order valence-electron chi connectivity index (χ1n) is 8.35. The number of halogens is 1. The van der Waals surface area contributed by atoms with Gasteiger partial charge in [0.25, 0.3) is 5.56 Å². The van der Waals surface area contributed by atoms with Crippen molar-refractivity contribution in [2.45, 2.75) is 0 Å². The average Bonchev–Trinajstić information content (AvgIpc) is 3.41. The molecule has 0 spiro atoms. The van der Waals surface area contributed by atoms with Crippen LogP contribution in [0.15, 0.2) is 70.1 Å². The maximum atomic E-state index is 12.7. The number of hydrogen-bond acceptors (Lipinski definition) is 6. The van der Waals surface area contributed by atoms with Gasteiger partial charge < -0.3 is 4.42 Å². The van der Waals surface area contributed by atoms with Gasteiger partial charge in [-0.05, 0) is 36.4 Å². The van der Waals surface area contributed by atoms with Crippen molar-refractivity contribution < 1.29 is 4.42 Å². The summed E-state index contributed by atoms with van der Waals surface area (Å²) in [5.41, 5.74) is 1.40. The monoisotopic (exact) mass is 406 g/mol. The van der Waals surface area contributed by atoms with E-state index in [1.807, 2.05) is 36.4 Å². The average molecular weight is 407 g/mol. The molecule has 6 nitrogen and oxygen atoms in total. The van der Waals surface area contributed by atoms with Crippen molar-refractivity contribution in [1.82, 2.24) is 19.6 Å². The van der Waals surface area contributed by atoms with Gasteiger partial charge in [0.2, 0.25) is 4.96 Å². The molecule has 0 aliphatic carbocycles. The summed E-state index contributed by atoms with van der Waals surface area (Å²) >= 11 is 7.29. The molecule has 136 valence electrons. The molecule has 28 heavy (non-hydrogen) atoms. The van der Waals surface area contributed by atoms with Crippen LogP contribution in [0.2, 0.25) is 5.02 Å². The van der Waals surface area contributed by atoms with Crippen molar-refractivity contribution in [1.29, 1.82) is 0 Å². The summed E-state index contributed by atoms with van der Waals surface area (Å²) in [6, 6.07) is 14.7. The maximum Gasteiger partial charge on any atom is 0.291 e. The number of rotatable bonds is 3. The summed E-state index contributed by atoms with van der Waals surface area (Å²) in [5, 5.41) is 4.94. The summed E-state index contributed by atoms with van der Waals surface area (Å²) < 4.78 is 7.65. The van der Waals surface area contributed by atoms with Gasteiger partial charge in [0, 0.05) is 34.6 Å². The van der Waals surface area contributed by atoms with Gasteiger partial charge in [-0.2, -0.15) is 9.50 Å². The topological polar surface area (TPSA) is 73.3 Å². The van der Waals surface area contributed by atoms with Crippen LogP contribution in [0.4, 0.5) is 0 Å². The van der Waals surface area contributed by atoms with E-state index >= 15 is 0 Å². The summed E-state index contributed by atoms with van der Waals surface area (Å²) in [6.07, 6.45) is 5.04. The Morgan fingerprint density at radius 2 is 2.00 bits per heavy atom. The van der Waals surface area contributed by atoms with Gasteiger partial charge in [-0.25, -0.2) is 0 Å². The van der Waals surface area contributed by atoms with E-state index in [0.29, 0.717) is 31.9 Å². The smallest absolute Gasteiger partial charge is 0.291 e. The molecule has 0 atom stereocenters. The van der Waals surface area contributed by atoms with Crippen molar-refractivity contribution in [3.63, 3.8) is 0 Å². The number of benzene rings is 1. The minimum absolute atomic E-state index is 0.233. The fraction of sp³-hybridized carbons (Fsp3) is 0. The number of hydrogen-bond donors (Lipinski definition) is 0. The molecule has 0 aliphatic heterocycles. The fourth-order valence-electron chi connectivity index (χ4n) is 2.81. The van der Waals surface area contributed by atoms with Crippen molar-refractivity contribution in [2.75, 3.05) is 0 Å². The van der Waals surface area contributed by atoms with Crippen molar-refractivity contribution in [2.24, 2.45) is 0 Å². The van der Waals surface area contributed by atoms with Gasteiger partial charge in [0.1, 0.15) is 16.1 Å². The quantitative estimate of drug-likeness (QED) is 0.457. The zero-order valence-electron chi connectivity index (χ0n) is 14.2. The van der Waals surface area contributed by atoms with Gasteiger partial charge in [-0.1, -0.05) is 35.1 Å². The van der Waals surface area contributed by atoms with Gasteiger partial charge >= 0.3 is 0 Å². The predicted molar refractivity (Wildman–Crippen MR) is 108 cm³/mol. The maximum absolute atomic E-state index is 12.7. The van der Waals surface area contributed by atoms with Crippen molar-refractivity contribution in [3.8, 4) is 22.7 Å². The number of nitrogens with zero attached hydrogens (tertiary/aromatic N) is 4. The highest BCUT2D eigenvalue weighted by molar-refractivity contribution is 7.15. The highest BCUT2D eigenvalue weighted by Gasteiger charge is 2.12. The Kier molecular flexibility index (Phi) is 4.03. The second-order valence-electron chi connectivity index (χ2n) is 6.00. The van der Waals surface area contributed by atoms with Crippen LogP contribution in [0, 0.1) is 0 Å². The first-order valence-corrected chi connectivity index (χ1v) is 9.54. The lowest BCUT2D eigenvalue weighted by molar-refractivity contribution is 0.571. The Balaban J connectivity index is 1.53.